The number of pyridine rings is 1. The van der Waals surface area contributed by atoms with Gasteiger partial charge in [0, 0.05) is 24.7 Å². The van der Waals surface area contributed by atoms with E-state index in [1.807, 2.05) is 18.2 Å². The monoisotopic (exact) mass is 368 g/mol. The van der Waals surface area contributed by atoms with Gasteiger partial charge in [-0.05, 0) is 37.1 Å². The third-order valence-corrected chi connectivity index (χ3v) is 6.50. The lowest BCUT2D eigenvalue weighted by Gasteiger charge is -2.32. The number of aromatic nitrogens is 1. The number of sulfone groups is 1. The van der Waals surface area contributed by atoms with Gasteiger partial charge in [-0.1, -0.05) is 30.3 Å². The number of piperidine rings is 1. The summed E-state index contributed by atoms with van der Waals surface area (Å²) in [5.74, 6) is 0. The number of hydrogen-bond donors (Lipinski definition) is 1. The number of anilines is 1. The van der Waals surface area contributed by atoms with Gasteiger partial charge in [-0.25, -0.2) is 8.42 Å². The Bertz CT molecular complexity index is 1040. The molecule has 4 rings (SSSR count). The fourth-order valence-electron chi connectivity index (χ4n) is 3.44. The molecule has 6 heteroatoms. The van der Waals surface area contributed by atoms with E-state index < -0.39 is 9.84 Å². The normalized spacial score (nSPS) is 18.2. The number of rotatable bonds is 3. The molecule has 0 unspecified atom stereocenters. The quantitative estimate of drug-likeness (QED) is 0.769. The van der Waals surface area contributed by atoms with Crippen LogP contribution in [-0.2, 0) is 9.84 Å². The van der Waals surface area contributed by atoms with Gasteiger partial charge in [0.2, 0.25) is 9.84 Å². The lowest BCUT2D eigenvalue weighted by atomic mass is 10.1. The van der Waals surface area contributed by atoms with Gasteiger partial charge in [0.15, 0.2) is 0 Å². The van der Waals surface area contributed by atoms with E-state index in [0.29, 0.717) is 6.54 Å². The van der Waals surface area contributed by atoms with Crippen molar-refractivity contribution < 1.29 is 13.5 Å². The van der Waals surface area contributed by atoms with Crippen molar-refractivity contribution in [1.82, 2.24) is 4.98 Å². The Morgan fingerprint density at radius 1 is 1.04 bits per heavy atom. The Morgan fingerprint density at radius 3 is 2.62 bits per heavy atom. The average Bonchev–Trinajstić information content (AvgIpc) is 2.67. The SMILES string of the molecule is O=S(=O)(c1ccccc1)c1cnc2c(N3CCC[C@@H](O)C3)cccc2c1. The number of fused-ring (bicyclic) bond motifs is 1. The van der Waals surface area contributed by atoms with Crippen molar-refractivity contribution in [2.75, 3.05) is 18.0 Å². The Labute approximate surface area is 152 Å². The molecule has 1 aliphatic rings. The van der Waals surface area contributed by atoms with Crippen molar-refractivity contribution in [3.63, 3.8) is 0 Å². The highest BCUT2D eigenvalue weighted by Gasteiger charge is 2.22. The molecule has 0 saturated carbocycles. The predicted molar refractivity (Wildman–Crippen MR) is 101 cm³/mol. The molecule has 1 aliphatic heterocycles. The van der Waals surface area contributed by atoms with Crippen LogP contribution in [0.1, 0.15) is 12.8 Å². The molecule has 1 N–H and O–H groups in total. The van der Waals surface area contributed by atoms with Crippen molar-refractivity contribution in [2.24, 2.45) is 0 Å². The predicted octanol–water partition coefficient (Wildman–Crippen LogP) is 3.03. The maximum absolute atomic E-state index is 12.8. The van der Waals surface area contributed by atoms with E-state index in [-0.39, 0.29) is 15.9 Å². The Hall–Kier alpha value is -2.44. The lowest BCUT2D eigenvalue weighted by molar-refractivity contribution is 0.154. The molecule has 0 bridgehead atoms. The number of hydrogen-bond acceptors (Lipinski definition) is 5. The standard InChI is InChI=1S/C20H20N2O3S/c23-16-7-5-11-22(14-16)19-10-4-6-15-12-18(13-21-20(15)19)26(24,25)17-8-2-1-3-9-17/h1-4,6,8-10,12-13,16,23H,5,7,11,14H2/t16-/m1/s1. The molecule has 0 radical (unpaired) electrons. The van der Waals surface area contributed by atoms with E-state index in [1.54, 1.807) is 36.4 Å². The number of β-amino-alcohol motifs (C(OH)–C–C–N with tert-alkyl or cyclic N) is 1. The van der Waals surface area contributed by atoms with Crippen molar-refractivity contribution in [1.29, 1.82) is 0 Å². The van der Waals surface area contributed by atoms with E-state index in [1.165, 1.54) is 6.20 Å². The summed E-state index contributed by atoms with van der Waals surface area (Å²) in [7, 11) is -3.59. The highest BCUT2D eigenvalue weighted by atomic mass is 32.2. The van der Waals surface area contributed by atoms with Crippen LogP contribution >= 0.6 is 0 Å². The topological polar surface area (TPSA) is 70.5 Å². The third kappa shape index (κ3) is 3.06. The van der Waals surface area contributed by atoms with Crippen LogP contribution < -0.4 is 4.90 Å². The summed E-state index contributed by atoms with van der Waals surface area (Å²) in [6.45, 7) is 1.44. The summed E-state index contributed by atoms with van der Waals surface area (Å²) < 4.78 is 25.6. The third-order valence-electron chi connectivity index (χ3n) is 4.77. The molecule has 1 fully saturated rings. The molecule has 5 nitrogen and oxygen atoms in total. The Balaban J connectivity index is 1.77. The highest BCUT2D eigenvalue weighted by Crippen LogP contribution is 2.30. The fraction of sp³-hybridized carbons (Fsp3) is 0.250. The van der Waals surface area contributed by atoms with Crippen molar-refractivity contribution in [3.8, 4) is 0 Å². The second-order valence-electron chi connectivity index (χ2n) is 6.58. The van der Waals surface area contributed by atoms with E-state index in [4.69, 9.17) is 0 Å². The van der Waals surface area contributed by atoms with Crippen LogP contribution in [0.4, 0.5) is 5.69 Å². The molecule has 1 aromatic heterocycles. The first-order valence-electron chi connectivity index (χ1n) is 8.67. The summed E-state index contributed by atoms with van der Waals surface area (Å²) >= 11 is 0. The number of nitrogens with zero attached hydrogens (tertiary/aromatic N) is 2. The van der Waals surface area contributed by atoms with E-state index in [0.717, 1.165) is 36.0 Å². The van der Waals surface area contributed by atoms with Crippen LogP contribution in [0, 0.1) is 0 Å². The molecule has 2 aromatic carbocycles. The van der Waals surface area contributed by atoms with Gasteiger partial charge < -0.3 is 10.0 Å². The second-order valence-corrected chi connectivity index (χ2v) is 8.53. The van der Waals surface area contributed by atoms with Gasteiger partial charge in [0.1, 0.15) is 0 Å². The highest BCUT2D eigenvalue weighted by molar-refractivity contribution is 7.91. The molecule has 26 heavy (non-hydrogen) atoms. The minimum Gasteiger partial charge on any atom is -0.391 e. The first-order valence-corrected chi connectivity index (χ1v) is 10.2. The summed E-state index contributed by atoms with van der Waals surface area (Å²) in [6.07, 6.45) is 2.83. The summed E-state index contributed by atoms with van der Waals surface area (Å²) in [6, 6.07) is 15.8. The minimum absolute atomic E-state index is 0.187. The zero-order valence-corrected chi connectivity index (χ0v) is 15.1. The minimum atomic E-state index is -3.59. The molecule has 134 valence electrons. The number of benzene rings is 2. The number of aliphatic hydroxyl groups is 1. The maximum Gasteiger partial charge on any atom is 0.208 e. The zero-order chi connectivity index (χ0) is 18.1. The molecule has 1 atom stereocenters. The number of aliphatic hydroxyl groups excluding tert-OH is 1. The van der Waals surface area contributed by atoms with Gasteiger partial charge >= 0.3 is 0 Å². The van der Waals surface area contributed by atoms with E-state index in [2.05, 4.69) is 9.88 Å². The molecule has 2 heterocycles. The van der Waals surface area contributed by atoms with Crippen LogP contribution in [-0.4, -0.2) is 37.7 Å². The first kappa shape index (κ1) is 17.0. The molecule has 3 aromatic rings. The second kappa shape index (κ2) is 6.70. The average molecular weight is 368 g/mol. The van der Waals surface area contributed by atoms with Crippen LogP contribution in [0.25, 0.3) is 10.9 Å². The molecule has 0 aliphatic carbocycles. The Kier molecular flexibility index (Phi) is 4.38. The maximum atomic E-state index is 12.8. The van der Waals surface area contributed by atoms with Crippen LogP contribution in [0.3, 0.4) is 0 Å². The van der Waals surface area contributed by atoms with Gasteiger partial charge in [0.25, 0.3) is 0 Å². The smallest absolute Gasteiger partial charge is 0.208 e. The van der Waals surface area contributed by atoms with Crippen LogP contribution in [0.2, 0.25) is 0 Å². The van der Waals surface area contributed by atoms with Gasteiger partial charge in [-0.15, -0.1) is 0 Å². The lowest BCUT2D eigenvalue weighted by Crippen LogP contribution is -2.38. The number of para-hydroxylation sites is 1. The van der Waals surface area contributed by atoms with Crippen LogP contribution in [0.15, 0.2) is 70.6 Å². The molecule has 1 saturated heterocycles. The van der Waals surface area contributed by atoms with Gasteiger partial charge in [-0.3, -0.25) is 4.98 Å². The zero-order valence-electron chi connectivity index (χ0n) is 14.2. The van der Waals surface area contributed by atoms with Gasteiger partial charge in [0.05, 0.1) is 27.1 Å². The molecule has 0 amide bonds. The molecular weight excluding hydrogens is 348 g/mol. The summed E-state index contributed by atoms with van der Waals surface area (Å²) in [5.41, 5.74) is 1.69. The van der Waals surface area contributed by atoms with Crippen LogP contribution in [0.5, 0.6) is 0 Å². The molecule has 0 spiro atoms. The largest absolute Gasteiger partial charge is 0.391 e. The fourth-order valence-corrected chi connectivity index (χ4v) is 4.70. The Morgan fingerprint density at radius 2 is 1.85 bits per heavy atom. The summed E-state index contributed by atoms with van der Waals surface area (Å²) in [4.78, 5) is 7.04. The van der Waals surface area contributed by atoms with E-state index >= 15 is 0 Å². The van der Waals surface area contributed by atoms with Crippen molar-refractivity contribution >= 4 is 26.4 Å². The first-order chi connectivity index (χ1) is 12.6. The molecular formula is C20H20N2O3S. The van der Waals surface area contributed by atoms with Crippen molar-refractivity contribution in [3.05, 3.63) is 60.8 Å². The van der Waals surface area contributed by atoms with Gasteiger partial charge in [-0.2, -0.15) is 0 Å². The van der Waals surface area contributed by atoms with E-state index in [9.17, 15) is 13.5 Å². The summed E-state index contributed by atoms with van der Waals surface area (Å²) in [5, 5.41) is 10.7. The van der Waals surface area contributed by atoms with Crippen molar-refractivity contribution in [2.45, 2.75) is 28.7 Å².